The van der Waals surface area contributed by atoms with Gasteiger partial charge in [-0.15, -0.1) is 0 Å². The number of para-hydroxylation sites is 1. The molecule has 5 heteroatoms. The van der Waals surface area contributed by atoms with Crippen LogP contribution in [0.15, 0.2) is 30.3 Å². The third-order valence-corrected chi connectivity index (χ3v) is 4.12. The number of pyridine rings is 1. The Morgan fingerprint density at radius 2 is 1.90 bits per heavy atom. The van der Waals surface area contributed by atoms with E-state index in [-0.39, 0.29) is 30.2 Å². The molecule has 20 heavy (non-hydrogen) atoms. The van der Waals surface area contributed by atoms with Crippen molar-refractivity contribution < 1.29 is 9.59 Å². The molecule has 5 nitrogen and oxygen atoms in total. The summed E-state index contributed by atoms with van der Waals surface area (Å²) in [4.78, 5) is 29.6. The fourth-order valence-electron chi connectivity index (χ4n) is 2.88. The molecule has 2 fully saturated rings. The molecule has 1 saturated carbocycles. The smallest absolute Gasteiger partial charge is 0.233 e. The molecule has 2 unspecified atom stereocenters. The number of fused-ring (bicyclic) bond motifs is 2. The average Bonchev–Trinajstić information content (AvgIpc) is 3.19. The number of rotatable bonds is 2. The molecule has 1 aliphatic heterocycles. The second-order valence-electron chi connectivity index (χ2n) is 5.44. The number of benzene rings is 1. The number of likely N-dealkylation sites (tertiary alicyclic amines) is 1. The van der Waals surface area contributed by atoms with E-state index < -0.39 is 0 Å². The number of hydrogen-bond acceptors (Lipinski definition) is 4. The lowest BCUT2D eigenvalue weighted by Crippen LogP contribution is -2.32. The molecule has 100 valence electrons. The number of carbonyl (C=O) groups is 2. The Bertz CT molecular complexity index is 736. The first-order chi connectivity index (χ1) is 9.65. The Balaban J connectivity index is 1.70. The van der Waals surface area contributed by atoms with Crippen LogP contribution in [0, 0.1) is 11.8 Å². The van der Waals surface area contributed by atoms with Gasteiger partial charge in [-0.2, -0.15) is 0 Å². The van der Waals surface area contributed by atoms with Crippen LogP contribution in [0.1, 0.15) is 12.0 Å². The number of aromatic nitrogens is 1. The summed E-state index contributed by atoms with van der Waals surface area (Å²) in [5.41, 5.74) is 7.48. The number of piperidine rings is 1. The molecule has 2 atom stereocenters. The average molecular weight is 267 g/mol. The zero-order valence-electron chi connectivity index (χ0n) is 10.7. The molecule has 1 aliphatic carbocycles. The van der Waals surface area contributed by atoms with Crippen molar-refractivity contribution in [1.82, 2.24) is 9.88 Å². The van der Waals surface area contributed by atoms with Crippen LogP contribution in [-0.4, -0.2) is 21.7 Å². The number of nitrogen functional groups attached to an aromatic ring is 1. The highest BCUT2D eigenvalue weighted by atomic mass is 16.2. The van der Waals surface area contributed by atoms with Gasteiger partial charge in [0.2, 0.25) is 11.8 Å². The lowest BCUT2D eigenvalue weighted by molar-refractivity contribution is -0.142. The quantitative estimate of drug-likeness (QED) is 0.833. The third-order valence-electron chi connectivity index (χ3n) is 4.12. The maximum absolute atomic E-state index is 12.0. The van der Waals surface area contributed by atoms with Gasteiger partial charge in [0.05, 0.1) is 23.9 Å². The molecule has 0 bridgehead atoms. The molecule has 0 radical (unpaired) electrons. The van der Waals surface area contributed by atoms with E-state index in [1.165, 1.54) is 4.90 Å². The SMILES string of the molecule is Nc1nc2ccccc2cc1CN1C(=O)C2CC2C1=O. The van der Waals surface area contributed by atoms with Gasteiger partial charge in [-0.3, -0.25) is 14.5 Å². The maximum Gasteiger partial charge on any atom is 0.233 e. The van der Waals surface area contributed by atoms with Gasteiger partial charge in [-0.25, -0.2) is 4.98 Å². The predicted molar refractivity (Wildman–Crippen MR) is 73.3 cm³/mol. The van der Waals surface area contributed by atoms with Crippen LogP contribution < -0.4 is 5.73 Å². The van der Waals surface area contributed by atoms with Crippen molar-refractivity contribution in [2.45, 2.75) is 13.0 Å². The van der Waals surface area contributed by atoms with Crippen LogP contribution in [0.2, 0.25) is 0 Å². The largest absolute Gasteiger partial charge is 0.383 e. The van der Waals surface area contributed by atoms with E-state index >= 15 is 0 Å². The zero-order chi connectivity index (χ0) is 13.9. The summed E-state index contributed by atoms with van der Waals surface area (Å²) < 4.78 is 0. The fourth-order valence-corrected chi connectivity index (χ4v) is 2.88. The number of amides is 2. The molecule has 2 N–H and O–H groups in total. The van der Waals surface area contributed by atoms with Crippen molar-refractivity contribution >= 4 is 28.5 Å². The highest BCUT2D eigenvalue weighted by Crippen LogP contribution is 2.47. The van der Waals surface area contributed by atoms with Gasteiger partial charge in [-0.05, 0) is 18.6 Å². The third kappa shape index (κ3) is 1.52. The summed E-state index contributed by atoms with van der Waals surface area (Å²) in [5.74, 6) is 0.110. The van der Waals surface area contributed by atoms with Crippen LogP contribution in [0.4, 0.5) is 5.82 Å². The number of nitrogens with zero attached hydrogens (tertiary/aromatic N) is 2. The summed E-state index contributed by atoms with van der Waals surface area (Å²) in [5, 5.41) is 0.959. The molecule has 1 aromatic heterocycles. The molecule has 2 amide bonds. The van der Waals surface area contributed by atoms with Gasteiger partial charge in [0.1, 0.15) is 5.82 Å². The van der Waals surface area contributed by atoms with Gasteiger partial charge in [-0.1, -0.05) is 18.2 Å². The van der Waals surface area contributed by atoms with Gasteiger partial charge in [0.15, 0.2) is 0 Å². The van der Waals surface area contributed by atoms with Crippen molar-refractivity contribution in [1.29, 1.82) is 0 Å². The summed E-state index contributed by atoms with van der Waals surface area (Å²) >= 11 is 0. The first kappa shape index (κ1) is 11.4. The highest BCUT2D eigenvalue weighted by molar-refractivity contribution is 6.08. The lowest BCUT2D eigenvalue weighted by Gasteiger charge is -2.17. The number of imide groups is 1. The molecule has 0 spiro atoms. The van der Waals surface area contributed by atoms with Crippen LogP contribution in [0.5, 0.6) is 0 Å². The summed E-state index contributed by atoms with van der Waals surface area (Å²) in [6.07, 6.45) is 0.722. The topological polar surface area (TPSA) is 76.3 Å². The molecule has 4 rings (SSSR count). The van der Waals surface area contributed by atoms with Crippen LogP contribution in [0.25, 0.3) is 10.9 Å². The second kappa shape index (κ2) is 3.79. The van der Waals surface area contributed by atoms with Crippen molar-refractivity contribution in [2.24, 2.45) is 11.8 Å². The van der Waals surface area contributed by atoms with Crippen molar-refractivity contribution in [3.05, 3.63) is 35.9 Å². The van der Waals surface area contributed by atoms with Crippen molar-refractivity contribution in [2.75, 3.05) is 5.73 Å². The summed E-state index contributed by atoms with van der Waals surface area (Å²) in [6.45, 7) is 0.230. The van der Waals surface area contributed by atoms with Crippen LogP contribution in [0.3, 0.4) is 0 Å². The van der Waals surface area contributed by atoms with Gasteiger partial charge in [0.25, 0.3) is 0 Å². The molecule has 2 aromatic rings. The standard InChI is InChI=1S/C15H13N3O2/c16-13-9(5-8-3-1-2-4-12(8)17-13)7-18-14(19)10-6-11(10)15(18)20/h1-5,10-11H,6-7H2,(H2,16,17). The molecular weight excluding hydrogens is 254 g/mol. The van der Waals surface area contributed by atoms with Gasteiger partial charge >= 0.3 is 0 Å². The van der Waals surface area contributed by atoms with E-state index in [4.69, 9.17) is 5.73 Å². The van der Waals surface area contributed by atoms with Gasteiger partial charge in [0, 0.05) is 10.9 Å². The number of nitrogens with two attached hydrogens (primary N) is 1. The minimum atomic E-state index is -0.0721. The summed E-state index contributed by atoms with van der Waals surface area (Å²) in [7, 11) is 0. The normalized spacial score (nSPS) is 24.3. The molecular formula is C15H13N3O2. The minimum absolute atomic E-state index is 0.0624. The number of hydrogen-bond donors (Lipinski definition) is 1. The van der Waals surface area contributed by atoms with Crippen molar-refractivity contribution in [3.8, 4) is 0 Å². The first-order valence-electron chi connectivity index (χ1n) is 6.64. The maximum atomic E-state index is 12.0. The van der Waals surface area contributed by atoms with E-state index in [1.54, 1.807) is 0 Å². The van der Waals surface area contributed by atoms with E-state index in [0.29, 0.717) is 5.82 Å². The Morgan fingerprint density at radius 1 is 1.20 bits per heavy atom. The molecule has 2 aliphatic rings. The Morgan fingerprint density at radius 3 is 2.65 bits per heavy atom. The first-order valence-corrected chi connectivity index (χ1v) is 6.64. The monoisotopic (exact) mass is 267 g/mol. The van der Waals surface area contributed by atoms with E-state index in [9.17, 15) is 9.59 Å². The molecule has 1 aromatic carbocycles. The van der Waals surface area contributed by atoms with Crippen LogP contribution >= 0.6 is 0 Å². The highest BCUT2D eigenvalue weighted by Gasteiger charge is 2.58. The van der Waals surface area contributed by atoms with Crippen molar-refractivity contribution in [3.63, 3.8) is 0 Å². The Kier molecular flexibility index (Phi) is 2.16. The number of carbonyl (C=O) groups excluding carboxylic acids is 2. The Labute approximate surface area is 115 Å². The van der Waals surface area contributed by atoms with E-state index in [0.717, 1.165) is 22.9 Å². The number of anilines is 1. The van der Waals surface area contributed by atoms with E-state index in [1.807, 2.05) is 30.3 Å². The zero-order valence-corrected chi connectivity index (χ0v) is 10.7. The van der Waals surface area contributed by atoms with Crippen LogP contribution in [-0.2, 0) is 16.1 Å². The minimum Gasteiger partial charge on any atom is -0.383 e. The predicted octanol–water partition coefficient (Wildman–Crippen LogP) is 1.32. The molecule has 2 heterocycles. The fraction of sp³-hybridized carbons (Fsp3) is 0.267. The van der Waals surface area contributed by atoms with E-state index in [2.05, 4.69) is 4.98 Å². The Hall–Kier alpha value is -2.43. The van der Waals surface area contributed by atoms with Gasteiger partial charge < -0.3 is 5.73 Å². The second-order valence-corrected chi connectivity index (χ2v) is 5.44. The molecule has 1 saturated heterocycles. The lowest BCUT2D eigenvalue weighted by atomic mass is 10.1. The summed E-state index contributed by atoms with van der Waals surface area (Å²) in [6, 6.07) is 9.55.